The largest absolute Gasteiger partial charge is 0.494 e. The monoisotopic (exact) mass is 291 g/mol. The van der Waals surface area contributed by atoms with Crippen molar-refractivity contribution in [2.75, 3.05) is 38.1 Å². The Hall–Kier alpha value is -1.75. The topological polar surface area (TPSA) is 53.6 Å². The number of likely N-dealkylation sites (tertiary alicyclic amines) is 1. The van der Waals surface area contributed by atoms with Crippen molar-refractivity contribution in [3.63, 3.8) is 0 Å². The molecule has 21 heavy (non-hydrogen) atoms. The van der Waals surface area contributed by atoms with Crippen molar-refractivity contribution in [2.45, 2.75) is 26.2 Å². The van der Waals surface area contributed by atoms with Crippen molar-refractivity contribution >= 4 is 11.7 Å². The fourth-order valence-electron chi connectivity index (χ4n) is 2.49. The van der Waals surface area contributed by atoms with E-state index in [1.165, 1.54) is 19.3 Å². The smallest absolute Gasteiger partial charge is 0.319 e. The van der Waals surface area contributed by atoms with Crippen molar-refractivity contribution in [1.82, 2.24) is 10.2 Å². The number of hydrogen-bond donors (Lipinski definition) is 2. The molecule has 0 atom stereocenters. The molecule has 5 nitrogen and oxygen atoms in total. The highest BCUT2D eigenvalue weighted by Crippen LogP contribution is 2.15. The molecule has 1 aromatic carbocycles. The van der Waals surface area contributed by atoms with Crippen LogP contribution in [0.15, 0.2) is 24.3 Å². The normalized spacial score (nSPS) is 15.5. The number of rotatable bonds is 6. The van der Waals surface area contributed by atoms with Gasteiger partial charge >= 0.3 is 6.03 Å². The highest BCUT2D eigenvalue weighted by molar-refractivity contribution is 5.89. The molecule has 0 bridgehead atoms. The minimum absolute atomic E-state index is 0.156. The van der Waals surface area contributed by atoms with Crippen LogP contribution in [0.25, 0.3) is 0 Å². The molecule has 0 saturated carbocycles. The van der Waals surface area contributed by atoms with E-state index in [1.54, 1.807) is 0 Å². The molecule has 1 aliphatic heterocycles. The molecule has 0 aromatic heterocycles. The highest BCUT2D eigenvalue weighted by Gasteiger charge is 2.09. The molecule has 0 unspecified atom stereocenters. The first-order valence-electron chi connectivity index (χ1n) is 7.78. The van der Waals surface area contributed by atoms with Gasteiger partial charge in [0, 0.05) is 18.8 Å². The molecule has 0 radical (unpaired) electrons. The van der Waals surface area contributed by atoms with Gasteiger partial charge in [0.05, 0.1) is 6.61 Å². The second-order valence-electron chi connectivity index (χ2n) is 5.24. The predicted octanol–water partition coefficient (Wildman–Crippen LogP) is 2.69. The summed E-state index contributed by atoms with van der Waals surface area (Å²) in [7, 11) is 0. The van der Waals surface area contributed by atoms with Gasteiger partial charge in [-0.15, -0.1) is 0 Å². The third-order valence-electron chi connectivity index (χ3n) is 3.59. The van der Waals surface area contributed by atoms with Crippen molar-refractivity contribution in [3.05, 3.63) is 24.3 Å². The van der Waals surface area contributed by atoms with Crippen LogP contribution < -0.4 is 15.4 Å². The highest BCUT2D eigenvalue weighted by atomic mass is 16.5. The standard InChI is InChI=1S/C16H25N3O2/c1-2-21-15-8-6-14(7-9-15)18-16(20)17-10-13-19-11-4-3-5-12-19/h6-9H,2-5,10-13H2,1H3,(H2,17,18,20). The Kier molecular flexibility index (Phi) is 6.34. The average molecular weight is 291 g/mol. The third-order valence-corrected chi connectivity index (χ3v) is 3.59. The Morgan fingerprint density at radius 3 is 2.57 bits per heavy atom. The van der Waals surface area contributed by atoms with Crippen LogP contribution in [0.2, 0.25) is 0 Å². The van der Waals surface area contributed by atoms with Gasteiger partial charge in [-0.3, -0.25) is 0 Å². The number of urea groups is 1. The zero-order chi connectivity index (χ0) is 14.9. The van der Waals surface area contributed by atoms with Gasteiger partial charge in [-0.25, -0.2) is 4.79 Å². The van der Waals surface area contributed by atoms with E-state index < -0.39 is 0 Å². The summed E-state index contributed by atoms with van der Waals surface area (Å²) >= 11 is 0. The Bertz CT molecular complexity index is 428. The van der Waals surface area contributed by atoms with E-state index in [4.69, 9.17) is 4.74 Å². The van der Waals surface area contributed by atoms with Gasteiger partial charge in [-0.05, 0) is 57.1 Å². The number of hydrogen-bond acceptors (Lipinski definition) is 3. The summed E-state index contributed by atoms with van der Waals surface area (Å²) < 4.78 is 5.36. The van der Waals surface area contributed by atoms with E-state index >= 15 is 0 Å². The van der Waals surface area contributed by atoms with Gasteiger partial charge in [-0.2, -0.15) is 0 Å². The summed E-state index contributed by atoms with van der Waals surface area (Å²) in [4.78, 5) is 14.2. The van der Waals surface area contributed by atoms with Crippen molar-refractivity contribution in [1.29, 1.82) is 0 Å². The van der Waals surface area contributed by atoms with Crippen LogP contribution in [0.3, 0.4) is 0 Å². The molecule has 5 heteroatoms. The van der Waals surface area contributed by atoms with Crippen LogP contribution in [0.4, 0.5) is 10.5 Å². The predicted molar refractivity (Wildman–Crippen MR) is 84.9 cm³/mol. The molecule has 2 N–H and O–H groups in total. The summed E-state index contributed by atoms with van der Waals surface area (Å²) in [5, 5.41) is 5.72. The van der Waals surface area contributed by atoms with Crippen LogP contribution in [0.1, 0.15) is 26.2 Å². The zero-order valence-electron chi connectivity index (χ0n) is 12.7. The van der Waals surface area contributed by atoms with Crippen LogP contribution in [-0.2, 0) is 0 Å². The molecule has 0 spiro atoms. The summed E-state index contributed by atoms with van der Waals surface area (Å²) in [6.07, 6.45) is 3.89. The van der Waals surface area contributed by atoms with E-state index in [1.807, 2.05) is 31.2 Å². The minimum atomic E-state index is -0.156. The number of carbonyl (C=O) groups is 1. The van der Waals surface area contributed by atoms with Crippen molar-refractivity contribution < 1.29 is 9.53 Å². The maximum atomic E-state index is 11.8. The van der Waals surface area contributed by atoms with E-state index in [0.717, 1.165) is 31.1 Å². The number of nitrogens with zero attached hydrogens (tertiary/aromatic N) is 1. The van der Waals surface area contributed by atoms with Gasteiger partial charge in [0.1, 0.15) is 5.75 Å². The van der Waals surface area contributed by atoms with E-state index in [9.17, 15) is 4.79 Å². The number of amides is 2. The fourth-order valence-corrected chi connectivity index (χ4v) is 2.49. The molecular weight excluding hydrogens is 266 g/mol. The first kappa shape index (κ1) is 15.6. The second-order valence-corrected chi connectivity index (χ2v) is 5.24. The minimum Gasteiger partial charge on any atom is -0.494 e. The quantitative estimate of drug-likeness (QED) is 0.847. The van der Waals surface area contributed by atoms with Crippen LogP contribution in [0, 0.1) is 0 Å². The molecule has 1 aliphatic rings. The molecule has 0 aliphatic carbocycles. The van der Waals surface area contributed by atoms with Crippen LogP contribution in [0.5, 0.6) is 5.75 Å². The average Bonchev–Trinajstić information content (AvgIpc) is 2.51. The lowest BCUT2D eigenvalue weighted by Gasteiger charge is -2.26. The summed E-state index contributed by atoms with van der Waals surface area (Å²) in [6, 6.07) is 7.24. The summed E-state index contributed by atoms with van der Waals surface area (Å²) in [5.41, 5.74) is 0.772. The van der Waals surface area contributed by atoms with Crippen molar-refractivity contribution in [2.24, 2.45) is 0 Å². The molecule has 1 saturated heterocycles. The zero-order valence-corrected chi connectivity index (χ0v) is 12.7. The Labute approximate surface area is 126 Å². The molecule has 1 heterocycles. The van der Waals surface area contributed by atoms with Crippen LogP contribution >= 0.6 is 0 Å². The number of piperidine rings is 1. The van der Waals surface area contributed by atoms with Crippen molar-refractivity contribution in [3.8, 4) is 5.75 Å². The number of nitrogens with one attached hydrogen (secondary N) is 2. The van der Waals surface area contributed by atoms with Gasteiger partial charge in [0.2, 0.25) is 0 Å². The molecule has 116 valence electrons. The van der Waals surface area contributed by atoms with Gasteiger partial charge in [0.15, 0.2) is 0 Å². The number of ether oxygens (including phenoxy) is 1. The second kappa shape index (κ2) is 8.52. The third kappa shape index (κ3) is 5.63. The van der Waals surface area contributed by atoms with Crippen LogP contribution in [-0.4, -0.2) is 43.7 Å². The Balaban J connectivity index is 1.66. The molecule has 1 aromatic rings. The number of benzene rings is 1. The fraction of sp³-hybridized carbons (Fsp3) is 0.562. The number of carbonyl (C=O) groups excluding carboxylic acids is 1. The molecule has 2 amide bonds. The maximum Gasteiger partial charge on any atom is 0.319 e. The van der Waals surface area contributed by atoms with E-state index in [0.29, 0.717) is 13.2 Å². The lowest BCUT2D eigenvalue weighted by atomic mass is 10.1. The molecule has 2 rings (SSSR count). The Morgan fingerprint density at radius 1 is 1.19 bits per heavy atom. The Morgan fingerprint density at radius 2 is 1.90 bits per heavy atom. The van der Waals surface area contributed by atoms with E-state index in [2.05, 4.69) is 15.5 Å². The number of anilines is 1. The van der Waals surface area contributed by atoms with Gasteiger partial charge < -0.3 is 20.3 Å². The van der Waals surface area contributed by atoms with Gasteiger partial charge in [-0.1, -0.05) is 6.42 Å². The molecule has 1 fully saturated rings. The lowest BCUT2D eigenvalue weighted by molar-refractivity contribution is 0.224. The van der Waals surface area contributed by atoms with Gasteiger partial charge in [0.25, 0.3) is 0 Å². The summed E-state index contributed by atoms with van der Waals surface area (Å²) in [6.45, 7) is 6.51. The summed E-state index contributed by atoms with van der Waals surface area (Å²) in [5.74, 6) is 0.813. The maximum absolute atomic E-state index is 11.8. The van der Waals surface area contributed by atoms with E-state index in [-0.39, 0.29) is 6.03 Å². The SMILES string of the molecule is CCOc1ccc(NC(=O)NCCN2CCCCC2)cc1. The lowest BCUT2D eigenvalue weighted by Crippen LogP contribution is -2.39. The first-order valence-corrected chi connectivity index (χ1v) is 7.78. The molecular formula is C16H25N3O2. The first-order chi connectivity index (χ1) is 10.3.